The average molecular weight is 234 g/mol. The van der Waals surface area contributed by atoms with E-state index in [1.54, 1.807) is 18.4 Å². The molecule has 0 unspecified atom stereocenters. The van der Waals surface area contributed by atoms with Gasteiger partial charge < -0.3 is 10.1 Å². The largest absolute Gasteiger partial charge is 0.481 e. The van der Waals surface area contributed by atoms with E-state index < -0.39 is 0 Å². The molecule has 2 aromatic heterocycles. The Morgan fingerprint density at radius 1 is 1.38 bits per heavy atom. The summed E-state index contributed by atoms with van der Waals surface area (Å²) < 4.78 is 5.07. The normalized spacial score (nSPS) is 10.1. The molecule has 0 fully saturated rings. The molecule has 2 heterocycles. The molecule has 0 radical (unpaired) electrons. The monoisotopic (exact) mass is 234 g/mol. The molecule has 0 atom stereocenters. The van der Waals surface area contributed by atoms with E-state index >= 15 is 0 Å². The van der Waals surface area contributed by atoms with Crippen LogP contribution in [-0.2, 0) is 6.54 Å². The van der Waals surface area contributed by atoms with Crippen LogP contribution in [0.15, 0.2) is 29.0 Å². The summed E-state index contributed by atoms with van der Waals surface area (Å²) in [5, 5.41) is 7.58. The zero-order valence-corrected chi connectivity index (χ0v) is 10.2. The van der Waals surface area contributed by atoms with Crippen molar-refractivity contribution in [1.29, 1.82) is 0 Å². The van der Waals surface area contributed by atoms with Crippen LogP contribution in [0.5, 0.6) is 5.88 Å². The first-order chi connectivity index (χ1) is 7.79. The number of aryl methyl sites for hydroxylation is 1. The zero-order chi connectivity index (χ0) is 11.4. The lowest BCUT2D eigenvalue weighted by atomic mass is 10.2. The van der Waals surface area contributed by atoms with E-state index in [4.69, 9.17) is 4.74 Å². The summed E-state index contributed by atoms with van der Waals surface area (Å²) in [4.78, 5) is 4.29. The number of hydrogen-bond donors (Lipinski definition) is 1. The van der Waals surface area contributed by atoms with Gasteiger partial charge >= 0.3 is 0 Å². The van der Waals surface area contributed by atoms with Crippen LogP contribution in [0.2, 0.25) is 0 Å². The lowest BCUT2D eigenvalue weighted by Gasteiger charge is -2.06. The maximum absolute atomic E-state index is 5.07. The maximum Gasteiger partial charge on any atom is 0.214 e. The average Bonchev–Trinajstić information content (AvgIpc) is 2.72. The summed E-state index contributed by atoms with van der Waals surface area (Å²) in [7, 11) is 1.62. The molecule has 0 saturated heterocycles. The van der Waals surface area contributed by atoms with Gasteiger partial charge in [0.1, 0.15) is 5.82 Å². The summed E-state index contributed by atoms with van der Waals surface area (Å²) in [5.41, 5.74) is 2.63. The van der Waals surface area contributed by atoms with Crippen LogP contribution >= 0.6 is 11.3 Å². The van der Waals surface area contributed by atoms with Crippen LogP contribution in [0.1, 0.15) is 11.1 Å². The number of hydrogen-bond acceptors (Lipinski definition) is 4. The van der Waals surface area contributed by atoms with E-state index in [2.05, 4.69) is 28.0 Å². The Kier molecular flexibility index (Phi) is 3.41. The Balaban J connectivity index is 2.02. The molecule has 0 bridgehead atoms. The van der Waals surface area contributed by atoms with E-state index in [1.807, 2.05) is 18.2 Å². The van der Waals surface area contributed by atoms with Crippen LogP contribution in [0, 0.1) is 6.92 Å². The van der Waals surface area contributed by atoms with E-state index in [-0.39, 0.29) is 0 Å². The van der Waals surface area contributed by atoms with Gasteiger partial charge in [0.05, 0.1) is 7.11 Å². The summed E-state index contributed by atoms with van der Waals surface area (Å²) in [5.74, 6) is 1.47. The molecule has 16 heavy (non-hydrogen) atoms. The molecular weight excluding hydrogens is 220 g/mol. The summed E-state index contributed by atoms with van der Waals surface area (Å²) in [6.07, 6.45) is 0. The Morgan fingerprint density at radius 3 is 2.94 bits per heavy atom. The zero-order valence-electron chi connectivity index (χ0n) is 9.36. The number of nitrogens with one attached hydrogen (secondary N) is 1. The van der Waals surface area contributed by atoms with Crippen molar-refractivity contribution in [2.24, 2.45) is 0 Å². The van der Waals surface area contributed by atoms with Gasteiger partial charge in [-0.25, -0.2) is 0 Å². The third-order valence-corrected chi connectivity index (χ3v) is 3.26. The van der Waals surface area contributed by atoms with Crippen LogP contribution in [-0.4, -0.2) is 12.1 Å². The molecule has 4 heteroatoms. The second kappa shape index (κ2) is 4.99. The van der Waals surface area contributed by atoms with Crippen LogP contribution < -0.4 is 10.1 Å². The van der Waals surface area contributed by atoms with Gasteiger partial charge in [0, 0.05) is 12.6 Å². The first-order valence-electron chi connectivity index (χ1n) is 5.06. The highest BCUT2D eigenvalue weighted by molar-refractivity contribution is 7.08. The first kappa shape index (κ1) is 11.0. The quantitative estimate of drug-likeness (QED) is 0.882. The van der Waals surface area contributed by atoms with Crippen LogP contribution in [0.25, 0.3) is 0 Å². The summed E-state index contributed by atoms with van der Waals surface area (Å²) in [6.45, 7) is 2.92. The second-order valence-corrected chi connectivity index (χ2v) is 4.24. The van der Waals surface area contributed by atoms with E-state index in [0.29, 0.717) is 5.88 Å². The van der Waals surface area contributed by atoms with E-state index in [0.717, 1.165) is 12.4 Å². The Morgan fingerprint density at radius 2 is 2.25 bits per heavy atom. The van der Waals surface area contributed by atoms with Gasteiger partial charge in [-0.1, -0.05) is 6.07 Å². The van der Waals surface area contributed by atoms with Crippen molar-refractivity contribution >= 4 is 17.2 Å². The molecule has 0 aliphatic rings. The topological polar surface area (TPSA) is 34.1 Å². The molecule has 2 aromatic rings. The number of anilines is 1. The Hall–Kier alpha value is -1.55. The van der Waals surface area contributed by atoms with Gasteiger partial charge in [0.15, 0.2) is 0 Å². The molecule has 0 aliphatic carbocycles. The number of ether oxygens (including phenoxy) is 1. The molecule has 0 amide bonds. The van der Waals surface area contributed by atoms with Crippen molar-refractivity contribution in [3.8, 4) is 5.88 Å². The Bertz CT molecular complexity index is 468. The van der Waals surface area contributed by atoms with Gasteiger partial charge in [0.2, 0.25) is 5.88 Å². The van der Waals surface area contributed by atoms with Gasteiger partial charge in [-0.15, -0.1) is 0 Å². The van der Waals surface area contributed by atoms with Crippen molar-refractivity contribution in [3.63, 3.8) is 0 Å². The molecule has 1 N–H and O–H groups in total. The number of rotatable bonds is 4. The molecule has 2 rings (SSSR count). The van der Waals surface area contributed by atoms with Crippen molar-refractivity contribution in [1.82, 2.24) is 4.98 Å². The van der Waals surface area contributed by atoms with Gasteiger partial charge in [-0.2, -0.15) is 16.3 Å². The fourth-order valence-electron chi connectivity index (χ4n) is 1.38. The Labute approximate surface area is 99.1 Å². The lowest BCUT2D eigenvalue weighted by molar-refractivity contribution is 0.398. The highest BCUT2D eigenvalue weighted by Crippen LogP contribution is 2.16. The van der Waals surface area contributed by atoms with Crippen molar-refractivity contribution in [3.05, 3.63) is 40.1 Å². The maximum atomic E-state index is 5.07. The third kappa shape index (κ3) is 2.52. The van der Waals surface area contributed by atoms with Crippen LogP contribution in [0.4, 0.5) is 5.82 Å². The second-order valence-electron chi connectivity index (χ2n) is 3.50. The number of nitrogens with zero attached hydrogens (tertiary/aromatic N) is 1. The molecule has 0 aliphatic heterocycles. The third-order valence-electron chi connectivity index (χ3n) is 2.35. The molecule has 0 saturated carbocycles. The smallest absolute Gasteiger partial charge is 0.214 e. The number of thiophene rings is 1. The standard InChI is InChI=1S/C12H14N2OS/c1-9-7-16-8-10(9)6-13-11-4-3-5-12(14-11)15-2/h3-5,7-8H,6H2,1-2H3,(H,13,14). The lowest BCUT2D eigenvalue weighted by Crippen LogP contribution is -2.01. The van der Waals surface area contributed by atoms with Gasteiger partial charge in [-0.3, -0.25) is 0 Å². The fraction of sp³-hybridized carbons (Fsp3) is 0.250. The van der Waals surface area contributed by atoms with Crippen molar-refractivity contribution < 1.29 is 4.74 Å². The van der Waals surface area contributed by atoms with Crippen molar-refractivity contribution in [2.45, 2.75) is 13.5 Å². The number of aromatic nitrogens is 1. The molecular formula is C12H14N2OS. The molecule has 0 spiro atoms. The summed E-state index contributed by atoms with van der Waals surface area (Å²) >= 11 is 1.72. The SMILES string of the molecule is COc1cccc(NCc2cscc2C)n1. The van der Waals surface area contributed by atoms with Crippen molar-refractivity contribution in [2.75, 3.05) is 12.4 Å². The minimum Gasteiger partial charge on any atom is -0.481 e. The fourth-order valence-corrected chi connectivity index (χ4v) is 2.24. The predicted molar refractivity (Wildman–Crippen MR) is 67.2 cm³/mol. The van der Waals surface area contributed by atoms with E-state index in [1.165, 1.54) is 11.1 Å². The number of pyridine rings is 1. The minimum atomic E-state index is 0.632. The minimum absolute atomic E-state index is 0.632. The first-order valence-corrected chi connectivity index (χ1v) is 6.00. The highest BCUT2D eigenvalue weighted by atomic mass is 32.1. The van der Waals surface area contributed by atoms with E-state index in [9.17, 15) is 0 Å². The molecule has 84 valence electrons. The van der Waals surface area contributed by atoms with Crippen LogP contribution in [0.3, 0.4) is 0 Å². The summed E-state index contributed by atoms with van der Waals surface area (Å²) in [6, 6.07) is 5.69. The van der Waals surface area contributed by atoms with Gasteiger partial charge in [-0.05, 0) is 34.9 Å². The molecule has 3 nitrogen and oxygen atoms in total. The highest BCUT2D eigenvalue weighted by Gasteiger charge is 2.00. The predicted octanol–water partition coefficient (Wildman–Crippen LogP) is 3.07. The van der Waals surface area contributed by atoms with Gasteiger partial charge in [0.25, 0.3) is 0 Å². The molecule has 0 aromatic carbocycles. The number of methoxy groups -OCH3 is 1.